The summed E-state index contributed by atoms with van der Waals surface area (Å²) in [6.45, 7) is 0.545. The van der Waals surface area contributed by atoms with Crippen molar-refractivity contribution < 1.29 is 33.8 Å². The molecule has 1 aromatic carbocycles. The Hall–Kier alpha value is -4.19. The van der Waals surface area contributed by atoms with Crippen molar-refractivity contribution in [1.29, 1.82) is 0 Å². The molecule has 0 atom stereocenters. The van der Waals surface area contributed by atoms with Gasteiger partial charge in [-0.1, -0.05) is 0 Å². The largest absolute Gasteiger partial charge is 0.496 e. The lowest BCUT2D eigenvalue weighted by Crippen LogP contribution is -2.44. The summed E-state index contributed by atoms with van der Waals surface area (Å²) >= 11 is 0. The quantitative estimate of drug-likeness (QED) is 0.309. The van der Waals surface area contributed by atoms with Crippen molar-refractivity contribution in [3.63, 3.8) is 0 Å². The van der Waals surface area contributed by atoms with E-state index in [4.69, 9.17) is 20.3 Å². The molecule has 12 nitrogen and oxygen atoms in total. The maximum absolute atomic E-state index is 13.1. The van der Waals surface area contributed by atoms with Crippen molar-refractivity contribution in [3.05, 3.63) is 52.8 Å². The summed E-state index contributed by atoms with van der Waals surface area (Å²) in [4.78, 5) is 53.1. The number of hydrogen-bond acceptors (Lipinski definition) is 8. The highest BCUT2D eigenvalue weighted by Gasteiger charge is 2.27. The van der Waals surface area contributed by atoms with E-state index in [0.717, 1.165) is 0 Å². The van der Waals surface area contributed by atoms with Gasteiger partial charge in [0.05, 0.1) is 36.5 Å². The second kappa shape index (κ2) is 12.7. The number of methoxy groups -OCH3 is 2. The summed E-state index contributed by atoms with van der Waals surface area (Å²) in [5.41, 5.74) is 5.96. The molecule has 37 heavy (non-hydrogen) atoms. The zero-order valence-corrected chi connectivity index (χ0v) is 20.7. The number of carboxylic acids is 1. The predicted octanol–water partition coefficient (Wildman–Crippen LogP) is 0.957. The second-order valence-electron chi connectivity index (χ2n) is 8.56. The summed E-state index contributed by atoms with van der Waals surface area (Å²) in [7, 11) is 2.85. The average Bonchev–Trinajstić information content (AvgIpc) is 2.91. The lowest BCUT2D eigenvalue weighted by molar-refractivity contribution is 0.0695. The van der Waals surface area contributed by atoms with Gasteiger partial charge in [-0.25, -0.2) is 4.79 Å². The number of pyridine rings is 1. The first-order chi connectivity index (χ1) is 17.8. The average molecular weight is 514 g/mol. The molecule has 0 bridgehead atoms. The van der Waals surface area contributed by atoms with Crippen LogP contribution in [0.15, 0.2) is 30.6 Å². The molecule has 0 spiro atoms. The number of nitrogens with one attached hydrogen (secondary N) is 3. The van der Waals surface area contributed by atoms with Gasteiger partial charge in [0.2, 0.25) is 0 Å². The first kappa shape index (κ1) is 27.4. The molecule has 198 valence electrons. The van der Waals surface area contributed by atoms with E-state index in [2.05, 4.69) is 20.9 Å². The smallest absolute Gasteiger partial charge is 0.337 e. The van der Waals surface area contributed by atoms with E-state index in [1.165, 1.54) is 44.8 Å². The van der Waals surface area contributed by atoms with Crippen molar-refractivity contribution in [3.8, 4) is 11.5 Å². The molecule has 0 aliphatic heterocycles. The molecular formula is C25H31N5O7. The molecule has 6 N–H and O–H groups in total. The van der Waals surface area contributed by atoms with Crippen LogP contribution in [0.4, 0.5) is 0 Å². The fourth-order valence-electron chi connectivity index (χ4n) is 4.13. The van der Waals surface area contributed by atoms with Crippen LogP contribution >= 0.6 is 0 Å². The van der Waals surface area contributed by atoms with Crippen molar-refractivity contribution in [1.82, 2.24) is 20.9 Å². The van der Waals surface area contributed by atoms with Gasteiger partial charge in [0.25, 0.3) is 17.7 Å². The molecule has 3 amide bonds. The van der Waals surface area contributed by atoms with Gasteiger partial charge in [-0.15, -0.1) is 0 Å². The summed E-state index contributed by atoms with van der Waals surface area (Å²) < 4.78 is 10.7. The van der Waals surface area contributed by atoms with Gasteiger partial charge >= 0.3 is 5.97 Å². The number of nitrogens with zero attached hydrogens (tertiary/aromatic N) is 1. The van der Waals surface area contributed by atoms with Crippen molar-refractivity contribution in [2.75, 3.05) is 27.3 Å². The minimum absolute atomic E-state index is 0.0620. The number of rotatable bonds is 10. The number of amides is 3. The summed E-state index contributed by atoms with van der Waals surface area (Å²) in [5, 5.41) is 17.6. The zero-order valence-electron chi connectivity index (χ0n) is 20.7. The molecule has 3 rings (SSSR count). The number of aromatic carboxylic acids is 1. The minimum Gasteiger partial charge on any atom is -0.496 e. The number of benzene rings is 1. The lowest BCUT2D eigenvalue weighted by atomic mass is 9.90. The third kappa shape index (κ3) is 6.94. The fraction of sp³-hybridized carbons (Fsp3) is 0.400. The molecule has 1 fully saturated rings. The van der Waals surface area contributed by atoms with Crippen LogP contribution in [0.1, 0.15) is 67.1 Å². The van der Waals surface area contributed by atoms with Crippen LogP contribution in [0, 0.1) is 0 Å². The molecular weight excluding hydrogens is 482 g/mol. The topological polar surface area (TPSA) is 182 Å². The van der Waals surface area contributed by atoms with E-state index in [1.807, 2.05) is 0 Å². The highest BCUT2D eigenvalue weighted by Crippen LogP contribution is 2.30. The van der Waals surface area contributed by atoms with Gasteiger partial charge in [-0.05, 0) is 37.8 Å². The minimum atomic E-state index is -1.16. The highest BCUT2D eigenvalue weighted by molar-refractivity contribution is 6.03. The standard InChI is InChI=1S/C25H31N5O7/c1-36-20-11-21(37-2)19(10-18(20)23(32)28-8-7-26)24(33)30-17-5-3-16(4-6-17)29-22(31)14-9-15(25(34)35)13-27-12-14/h9-13,16-17H,3-8,26H2,1-2H3,(H,28,32)(H,29,31)(H,30,33)(H,34,35)/t16-,17-. The Morgan fingerprint density at radius 1 is 0.865 bits per heavy atom. The fourth-order valence-corrected chi connectivity index (χ4v) is 4.13. The SMILES string of the molecule is COc1cc(OC)c(C(=O)N[C@H]2CC[C@H](NC(=O)c3cncc(C(=O)O)c3)CC2)cc1C(=O)NCCN. The van der Waals surface area contributed by atoms with E-state index in [0.29, 0.717) is 25.7 Å². The Morgan fingerprint density at radius 3 is 1.95 bits per heavy atom. The molecule has 0 saturated heterocycles. The summed E-state index contributed by atoms with van der Waals surface area (Å²) in [6.07, 6.45) is 4.98. The lowest BCUT2D eigenvalue weighted by Gasteiger charge is -2.30. The Labute approximate surface area is 213 Å². The van der Waals surface area contributed by atoms with Gasteiger partial charge in [0.15, 0.2) is 0 Å². The van der Waals surface area contributed by atoms with Gasteiger partial charge in [-0.3, -0.25) is 19.4 Å². The number of carbonyl (C=O) groups excluding carboxylic acids is 3. The molecule has 0 radical (unpaired) electrons. The number of carboxylic acid groups (broad SMARTS) is 1. The Kier molecular flexibility index (Phi) is 9.39. The molecule has 1 saturated carbocycles. The van der Waals surface area contributed by atoms with Crippen molar-refractivity contribution in [2.24, 2.45) is 5.73 Å². The molecule has 1 heterocycles. The maximum Gasteiger partial charge on any atom is 0.337 e. The molecule has 12 heteroatoms. The Bertz CT molecular complexity index is 1160. The van der Waals surface area contributed by atoms with E-state index in [1.54, 1.807) is 0 Å². The summed E-state index contributed by atoms with van der Waals surface area (Å²) in [6, 6.07) is 3.95. The highest BCUT2D eigenvalue weighted by atomic mass is 16.5. The van der Waals surface area contributed by atoms with E-state index < -0.39 is 23.7 Å². The van der Waals surface area contributed by atoms with Gasteiger partial charge in [0.1, 0.15) is 11.5 Å². The van der Waals surface area contributed by atoms with E-state index >= 15 is 0 Å². The third-order valence-corrected chi connectivity index (χ3v) is 6.09. The predicted molar refractivity (Wildman–Crippen MR) is 133 cm³/mol. The molecule has 0 unspecified atom stereocenters. The van der Waals surface area contributed by atoms with Crippen LogP contribution in [0.5, 0.6) is 11.5 Å². The van der Waals surface area contributed by atoms with Crippen molar-refractivity contribution in [2.45, 2.75) is 37.8 Å². The van der Waals surface area contributed by atoms with Gasteiger partial charge in [0, 0.05) is 43.6 Å². The second-order valence-corrected chi connectivity index (χ2v) is 8.56. The number of hydrogen-bond donors (Lipinski definition) is 5. The number of nitrogens with two attached hydrogens (primary N) is 1. The first-order valence-electron chi connectivity index (χ1n) is 11.8. The van der Waals surface area contributed by atoms with Crippen LogP contribution < -0.4 is 31.2 Å². The number of aromatic nitrogens is 1. The van der Waals surface area contributed by atoms with Crippen LogP contribution in [0.25, 0.3) is 0 Å². The first-order valence-corrected chi connectivity index (χ1v) is 11.8. The molecule has 2 aromatic rings. The zero-order chi connectivity index (χ0) is 26.9. The van der Waals surface area contributed by atoms with Crippen molar-refractivity contribution >= 4 is 23.7 Å². The normalized spacial score (nSPS) is 16.8. The van der Waals surface area contributed by atoms with Crippen LogP contribution in [-0.2, 0) is 0 Å². The monoisotopic (exact) mass is 513 g/mol. The van der Waals surface area contributed by atoms with E-state index in [-0.39, 0.29) is 58.9 Å². The molecule has 1 aliphatic rings. The summed E-state index contributed by atoms with van der Waals surface area (Å²) in [5.74, 6) is -1.83. The number of ether oxygens (including phenoxy) is 2. The van der Waals surface area contributed by atoms with Crippen LogP contribution in [0.3, 0.4) is 0 Å². The van der Waals surface area contributed by atoms with E-state index in [9.17, 15) is 19.2 Å². The Morgan fingerprint density at radius 2 is 1.41 bits per heavy atom. The van der Waals surface area contributed by atoms with Crippen LogP contribution in [0.2, 0.25) is 0 Å². The van der Waals surface area contributed by atoms with Gasteiger partial charge in [-0.2, -0.15) is 0 Å². The molecule has 1 aromatic heterocycles. The Balaban J connectivity index is 1.62. The van der Waals surface area contributed by atoms with Crippen LogP contribution in [-0.4, -0.2) is 73.2 Å². The number of carbonyl (C=O) groups is 4. The van der Waals surface area contributed by atoms with Gasteiger partial charge < -0.3 is 36.3 Å². The maximum atomic E-state index is 13.1. The molecule has 1 aliphatic carbocycles. The third-order valence-electron chi connectivity index (χ3n) is 6.09.